The molecule has 19 heavy (non-hydrogen) atoms. The van der Waals surface area contributed by atoms with Crippen molar-refractivity contribution in [2.24, 2.45) is 0 Å². The molecule has 0 aliphatic heterocycles. The number of nitrogens with one attached hydrogen (secondary N) is 2. The fourth-order valence-corrected chi connectivity index (χ4v) is 1.88. The number of benzene rings is 1. The Labute approximate surface area is 118 Å². The normalized spacial score (nSPS) is 12.3. The Morgan fingerprint density at radius 3 is 2.74 bits per heavy atom. The highest BCUT2D eigenvalue weighted by atomic mass is 79.9. The van der Waals surface area contributed by atoms with E-state index in [0.29, 0.717) is 5.56 Å². The monoisotopic (exact) mass is 336 g/mol. The molecule has 0 saturated heterocycles. The average Bonchev–Trinajstić information content (AvgIpc) is 2.37. The van der Waals surface area contributed by atoms with Crippen molar-refractivity contribution in [3.63, 3.8) is 0 Å². The van der Waals surface area contributed by atoms with E-state index in [9.17, 15) is 13.6 Å². The summed E-state index contributed by atoms with van der Waals surface area (Å²) in [5.74, 6) is -0.0823. The van der Waals surface area contributed by atoms with E-state index >= 15 is 0 Å². The van der Waals surface area contributed by atoms with Crippen LogP contribution in [0.25, 0.3) is 0 Å². The first-order valence-corrected chi connectivity index (χ1v) is 6.41. The van der Waals surface area contributed by atoms with Crippen molar-refractivity contribution in [1.29, 1.82) is 0 Å². The van der Waals surface area contributed by atoms with Crippen LogP contribution in [0.15, 0.2) is 22.7 Å². The standard InChI is InChI=1S/C12H15BrF2N2O2/c1-7(11(18)16-2)17-6-8-5-9(13)3-4-10(8)19-12(14)15/h3-5,7,12,17H,6H2,1-2H3,(H,16,18). The van der Waals surface area contributed by atoms with E-state index < -0.39 is 12.7 Å². The molecule has 7 heteroatoms. The van der Waals surface area contributed by atoms with E-state index in [1.54, 1.807) is 19.1 Å². The predicted octanol–water partition coefficient (Wildman–Crippen LogP) is 2.27. The van der Waals surface area contributed by atoms with Gasteiger partial charge in [-0.05, 0) is 25.1 Å². The first kappa shape index (κ1) is 15.8. The maximum Gasteiger partial charge on any atom is 0.387 e. The highest BCUT2D eigenvalue weighted by Gasteiger charge is 2.13. The third-order valence-corrected chi connectivity index (χ3v) is 2.97. The van der Waals surface area contributed by atoms with Crippen molar-refractivity contribution in [2.45, 2.75) is 26.1 Å². The quantitative estimate of drug-likeness (QED) is 0.837. The molecule has 1 atom stereocenters. The number of alkyl halides is 2. The molecule has 1 unspecified atom stereocenters. The van der Waals surface area contributed by atoms with E-state index in [0.717, 1.165) is 4.47 Å². The topological polar surface area (TPSA) is 50.4 Å². The highest BCUT2D eigenvalue weighted by molar-refractivity contribution is 9.10. The lowest BCUT2D eigenvalue weighted by atomic mass is 10.2. The SMILES string of the molecule is CNC(=O)C(C)NCc1cc(Br)ccc1OC(F)F. The van der Waals surface area contributed by atoms with Gasteiger partial charge < -0.3 is 15.4 Å². The van der Waals surface area contributed by atoms with Gasteiger partial charge in [-0.15, -0.1) is 0 Å². The van der Waals surface area contributed by atoms with Crippen molar-refractivity contribution in [3.05, 3.63) is 28.2 Å². The van der Waals surface area contributed by atoms with Gasteiger partial charge in [0.15, 0.2) is 0 Å². The lowest BCUT2D eigenvalue weighted by Gasteiger charge is -2.15. The van der Waals surface area contributed by atoms with E-state index in [4.69, 9.17) is 0 Å². The van der Waals surface area contributed by atoms with E-state index in [2.05, 4.69) is 31.3 Å². The van der Waals surface area contributed by atoms with Crippen LogP contribution in [0.2, 0.25) is 0 Å². The Bertz CT molecular complexity index is 444. The van der Waals surface area contributed by atoms with Crippen LogP contribution in [0.4, 0.5) is 8.78 Å². The predicted molar refractivity (Wildman–Crippen MR) is 71.1 cm³/mol. The second-order valence-electron chi connectivity index (χ2n) is 3.85. The number of halogens is 3. The summed E-state index contributed by atoms with van der Waals surface area (Å²) in [4.78, 5) is 11.3. The summed E-state index contributed by atoms with van der Waals surface area (Å²) in [7, 11) is 1.53. The van der Waals surface area contributed by atoms with Crippen LogP contribution < -0.4 is 15.4 Å². The van der Waals surface area contributed by atoms with Crippen LogP contribution in [0, 0.1) is 0 Å². The molecule has 1 aromatic rings. The van der Waals surface area contributed by atoms with Crippen LogP contribution >= 0.6 is 15.9 Å². The molecule has 4 nitrogen and oxygen atoms in total. The van der Waals surface area contributed by atoms with Gasteiger partial charge in [0.1, 0.15) is 5.75 Å². The molecular formula is C12H15BrF2N2O2. The van der Waals surface area contributed by atoms with Gasteiger partial charge in [0.05, 0.1) is 6.04 Å². The van der Waals surface area contributed by atoms with Crippen molar-refractivity contribution in [3.8, 4) is 5.75 Å². The lowest BCUT2D eigenvalue weighted by Crippen LogP contribution is -2.40. The second kappa shape index (κ2) is 7.40. The molecule has 0 aliphatic carbocycles. The first-order chi connectivity index (χ1) is 8.93. The van der Waals surface area contributed by atoms with Gasteiger partial charge in [0, 0.05) is 23.6 Å². The summed E-state index contributed by atoms with van der Waals surface area (Å²) in [6.45, 7) is -0.947. The van der Waals surface area contributed by atoms with Gasteiger partial charge in [-0.1, -0.05) is 15.9 Å². The fraction of sp³-hybridized carbons (Fsp3) is 0.417. The Hall–Kier alpha value is -1.21. The smallest absolute Gasteiger partial charge is 0.387 e. The third-order valence-electron chi connectivity index (χ3n) is 2.48. The highest BCUT2D eigenvalue weighted by Crippen LogP contribution is 2.24. The maximum absolute atomic E-state index is 12.3. The van der Waals surface area contributed by atoms with Crippen molar-refractivity contribution in [2.75, 3.05) is 7.05 Å². The number of ether oxygens (including phenoxy) is 1. The number of likely N-dealkylation sites (N-methyl/N-ethyl adjacent to an activating group) is 1. The zero-order chi connectivity index (χ0) is 14.4. The molecule has 0 saturated carbocycles. The Kier molecular flexibility index (Phi) is 6.17. The van der Waals surface area contributed by atoms with Gasteiger partial charge in [0.25, 0.3) is 0 Å². The van der Waals surface area contributed by atoms with Crippen LogP contribution in [0.1, 0.15) is 12.5 Å². The minimum absolute atomic E-state index is 0.0924. The first-order valence-electron chi connectivity index (χ1n) is 5.62. The Balaban J connectivity index is 2.75. The number of hydrogen-bond acceptors (Lipinski definition) is 3. The summed E-state index contributed by atoms with van der Waals surface area (Å²) >= 11 is 3.26. The molecule has 2 N–H and O–H groups in total. The average molecular weight is 337 g/mol. The molecule has 0 heterocycles. The summed E-state index contributed by atoms with van der Waals surface area (Å²) < 4.78 is 29.7. The third kappa shape index (κ3) is 5.12. The Morgan fingerprint density at radius 2 is 2.16 bits per heavy atom. The molecular weight excluding hydrogens is 322 g/mol. The maximum atomic E-state index is 12.3. The summed E-state index contributed by atoms with van der Waals surface area (Å²) in [5, 5.41) is 5.43. The molecule has 0 bridgehead atoms. The molecule has 0 radical (unpaired) electrons. The number of hydrogen-bond donors (Lipinski definition) is 2. The zero-order valence-electron chi connectivity index (χ0n) is 10.5. The zero-order valence-corrected chi connectivity index (χ0v) is 12.1. The Morgan fingerprint density at radius 1 is 1.47 bits per heavy atom. The van der Waals surface area contributed by atoms with Crippen LogP contribution in [-0.2, 0) is 11.3 Å². The van der Waals surface area contributed by atoms with Gasteiger partial charge in [-0.3, -0.25) is 4.79 Å². The van der Waals surface area contributed by atoms with Crippen molar-refractivity contribution >= 4 is 21.8 Å². The number of carbonyl (C=O) groups excluding carboxylic acids is 1. The number of carbonyl (C=O) groups is 1. The molecule has 1 aromatic carbocycles. The van der Waals surface area contributed by atoms with Gasteiger partial charge in [0.2, 0.25) is 5.91 Å². The minimum atomic E-state index is -2.88. The van der Waals surface area contributed by atoms with Crippen LogP contribution in [0.3, 0.4) is 0 Å². The number of amides is 1. The van der Waals surface area contributed by atoms with Crippen LogP contribution in [0.5, 0.6) is 5.75 Å². The lowest BCUT2D eigenvalue weighted by molar-refractivity contribution is -0.122. The van der Waals surface area contributed by atoms with E-state index in [1.165, 1.54) is 13.1 Å². The largest absolute Gasteiger partial charge is 0.434 e. The van der Waals surface area contributed by atoms with E-state index in [-0.39, 0.29) is 18.2 Å². The van der Waals surface area contributed by atoms with E-state index in [1.807, 2.05) is 0 Å². The molecule has 0 aliphatic rings. The molecule has 1 rings (SSSR count). The number of rotatable bonds is 6. The van der Waals surface area contributed by atoms with Gasteiger partial charge in [-0.25, -0.2) is 0 Å². The summed E-state index contributed by atoms with van der Waals surface area (Å²) in [6, 6.07) is 4.31. The van der Waals surface area contributed by atoms with Gasteiger partial charge in [-0.2, -0.15) is 8.78 Å². The fourth-order valence-electron chi connectivity index (χ4n) is 1.47. The molecule has 1 amide bonds. The summed E-state index contributed by atoms with van der Waals surface area (Å²) in [6.07, 6.45) is 0. The summed E-state index contributed by atoms with van der Waals surface area (Å²) in [5.41, 5.74) is 0.547. The van der Waals surface area contributed by atoms with Gasteiger partial charge >= 0.3 is 6.61 Å². The molecule has 0 aromatic heterocycles. The second-order valence-corrected chi connectivity index (χ2v) is 4.76. The van der Waals surface area contributed by atoms with Crippen molar-refractivity contribution in [1.82, 2.24) is 10.6 Å². The van der Waals surface area contributed by atoms with Crippen molar-refractivity contribution < 1.29 is 18.3 Å². The molecule has 106 valence electrons. The minimum Gasteiger partial charge on any atom is -0.434 e. The van der Waals surface area contributed by atoms with Crippen LogP contribution in [-0.4, -0.2) is 25.6 Å². The molecule has 0 fully saturated rings. The molecule has 0 spiro atoms.